The van der Waals surface area contributed by atoms with Crippen molar-refractivity contribution in [3.05, 3.63) is 248 Å². The maximum absolute atomic E-state index is 9.83. The first-order valence-corrected chi connectivity index (χ1v) is 21.7. The largest absolute Gasteiger partial charge is 0.311 e. The fourth-order valence-electron chi connectivity index (χ4n) is 9.86. The highest BCUT2D eigenvalue weighted by atomic mass is 15.1. The number of hydrogen-bond donors (Lipinski definition) is 0. The lowest BCUT2D eigenvalue weighted by molar-refractivity contribution is 0.662. The molecule has 0 fully saturated rings. The number of rotatable bonds is 7. The number of anilines is 3. The Kier molecular flexibility index (Phi) is 7.11. The molecule has 0 radical (unpaired) electrons. The average Bonchev–Trinajstić information content (AvgIpc) is 3.65. The van der Waals surface area contributed by atoms with Gasteiger partial charge in [-0.15, -0.1) is 0 Å². The molecular weight excluding hydrogens is 771 g/mol. The van der Waals surface area contributed by atoms with Crippen molar-refractivity contribution in [2.45, 2.75) is 19.3 Å². The number of hydrogen-bond acceptors (Lipinski definition) is 1. The van der Waals surface area contributed by atoms with Crippen molar-refractivity contribution in [1.29, 1.82) is 0 Å². The first-order chi connectivity index (χ1) is 34.8. The van der Waals surface area contributed by atoms with E-state index < -0.39 is 17.5 Å². The average molecular weight is 824 g/mol. The summed E-state index contributed by atoms with van der Waals surface area (Å²) in [5.74, 6) is 0. The van der Waals surface area contributed by atoms with Crippen molar-refractivity contribution in [3.63, 3.8) is 0 Å². The van der Waals surface area contributed by atoms with Gasteiger partial charge in [0, 0.05) is 22.5 Å². The van der Waals surface area contributed by atoms with Crippen molar-refractivity contribution < 1.29 is 11.0 Å². The van der Waals surface area contributed by atoms with E-state index >= 15 is 0 Å². The monoisotopic (exact) mass is 823 g/mol. The maximum Gasteiger partial charge on any atom is 0.0645 e. The van der Waals surface area contributed by atoms with E-state index in [2.05, 4.69) is 74.5 Å². The Morgan fingerprint density at radius 1 is 0.328 bits per heavy atom. The van der Waals surface area contributed by atoms with Crippen LogP contribution in [0.15, 0.2) is 236 Å². The Morgan fingerprint density at radius 3 is 1.66 bits per heavy atom. The molecule has 0 aliphatic heterocycles. The molecule has 1 nitrogen and oxygen atoms in total. The summed E-state index contributed by atoms with van der Waals surface area (Å²) >= 11 is 0. The lowest BCUT2D eigenvalue weighted by Crippen LogP contribution is -2.16. The molecule has 11 aromatic rings. The molecule has 0 saturated heterocycles. The standard InChI is InChI=1S/C63H45N/c1-63(2)61-23-8-7-19-59(61)60-22-11-21-58(62(60)63)46-30-37-53(38-31-46)64(52-35-28-43(29-36-52)48-32-39-57-50(41-48)25-24-45-13-4-6-18-55(45)57)51-33-26-42(27-34-51)47-15-9-16-49(40-47)56-20-10-14-44-12-3-5-17-54(44)56/h3-41H,1-2H3/i28D,29D,30D,31D,35D,36D,37D,38D. The molecule has 1 heteroatoms. The predicted octanol–water partition coefficient (Wildman–Crippen LogP) is 17.6. The minimum atomic E-state index is -0.511. The van der Waals surface area contributed by atoms with Crippen LogP contribution in [0, 0.1) is 0 Å². The molecule has 0 heterocycles. The Bertz CT molecular complexity index is 4000. The highest BCUT2D eigenvalue weighted by Crippen LogP contribution is 2.52. The van der Waals surface area contributed by atoms with E-state index in [-0.39, 0.29) is 58.8 Å². The molecule has 1 aliphatic rings. The van der Waals surface area contributed by atoms with Gasteiger partial charge in [-0.2, -0.15) is 0 Å². The second-order valence-corrected chi connectivity index (χ2v) is 17.1. The van der Waals surface area contributed by atoms with Crippen LogP contribution in [-0.4, -0.2) is 0 Å². The molecule has 1 aliphatic carbocycles. The van der Waals surface area contributed by atoms with Crippen LogP contribution in [0.4, 0.5) is 17.1 Å². The van der Waals surface area contributed by atoms with Crippen molar-refractivity contribution in [2.24, 2.45) is 0 Å². The molecule has 0 aromatic heterocycles. The van der Waals surface area contributed by atoms with Gasteiger partial charge < -0.3 is 4.90 Å². The first-order valence-electron chi connectivity index (χ1n) is 25.7. The van der Waals surface area contributed by atoms with Gasteiger partial charge in [0.05, 0.1) is 11.0 Å². The van der Waals surface area contributed by atoms with Gasteiger partial charge in [0.2, 0.25) is 0 Å². The van der Waals surface area contributed by atoms with Crippen LogP contribution in [0.3, 0.4) is 0 Å². The van der Waals surface area contributed by atoms with Crippen LogP contribution in [0.2, 0.25) is 0 Å². The van der Waals surface area contributed by atoms with E-state index in [1.165, 1.54) is 4.90 Å². The third-order valence-corrected chi connectivity index (χ3v) is 13.0. The normalized spacial score (nSPS) is 14.4. The predicted molar refractivity (Wildman–Crippen MR) is 273 cm³/mol. The lowest BCUT2D eigenvalue weighted by Gasteiger charge is -2.27. The third kappa shape index (κ3) is 6.31. The molecule has 0 atom stereocenters. The van der Waals surface area contributed by atoms with Crippen LogP contribution in [-0.2, 0) is 5.41 Å². The molecule has 302 valence electrons. The van der Waals surface area contributed by atoms with Gasteiger partial charge in [-0.05, 0) is 148 Å². The minimum absolute atomic E-state index is 0.113. The second-order valence-electron chi connectivity index (χ2n) is 17.1. The number of benzene rings is 11. The quantitative estimate of drug-likeness (QED) is 0.145. The van der Waals surface area contributed by atoms with Crippen LogP contribution in [0.5, 0.6) is 0 Å². The molecule has 0 bridgehead atoms. The summed E-state index contributed by atoms with van der Waals surface area (Å²) in [6.07, 6.45) is 0. The van der Waals surface area contributed by atoms with E-state index in [4.69, 9.17) is 0 Å². The van der Waals surface area contributed by atoms with Crippen LogP contribution < -0.4 is 4.90 Å². The highest BCUT2D eigenvalue weighted by Gasteiger charge is 2.37. The SMILES string of the molecule is [2H]c1c([2H])c(N(c2ccc(-c3cccc(-c4cccc5ccccc45)c3)cc2)c2c([2H])c([2H])c(-c3cccc4c3C(C)(C)c3ccccc3-4)c([2H])c2[2H])c([2H])c([2H])c1-c1ccc2c(ccc3ccccc32)c1. The smallest absolute Gasteiger partial charge is 0.0645 e. The van der Waals surface area contributed by atoms with E-state index in [1.807, 2.05) is 115 Å². The lowest BCUT2D eigenvalue weighted by atomic mass is 9.79. The summed E-state index contributed by atoms with van der Waals surface area (Å²) in [5, 5.41) is 6.31. The van der Waals surface area contributed by atoms with Crippen LogP contribution in [0.25, 0.3) is 88.0 Å². The molecule has 0 amide bonds. The molecule has 12 rings (SSSR count). The molecule has 0 spiro atoms. The summed E-state index contributed by atoms with van der Waals surface area (Å²) in [6.45, 7) is 4.23. The topological polar surface area (TPSA) is 3.24 Å². The molecule has 0 N–H and O–H groups in total. The van der Waals surface area contributed by atoms with Gasteiger partial charge in [0.15, 0.2) is 0 Å². The van der Waals surface area contributed by atoms with Gasteiger partial charge in [0.25, 0.3) is 0 Å². The van der Waals surface area contributed by atoms with Gasteiger partial charge in [0.1, 0.15) is 0 Å². The Hall–Kier alpha value is -8.00. The second kappa shape index (κ2) is 15.1. The van der Waals surface area contributed by atoms with E-state index in [9.17, 15) is 11.0 Å². The van der Waals surface area contributed by atoms with E-state index in [0.29, 0.717) is 16.8 Å². The van der Waals surface area contributed by atoms with Gasteiger partial charge >= 0.3 is 0 Å². The van der Waals surface area contributed by atoms with Crippen molar-refractivity contribution in [1.82, 2.24) is 0 Å². The Balaban J connectivity index is 1.04. The van der Waals surface area contributed by atoms with E-state index in [1.54, 1.807) is 12.1 Å². The Morgan fingerprint density at radius 2 is 0.859 bits per heavy atom. The maximum atomic E-state index is 9.83. The van der Waals surface area contributed by atoms with E-state index in [0.717, 1.165) is 76.8 Å². The first kappa shape index (κ1) is 30.1. The highest BCUT2D eigenvalue weighted by molar-refractivity contribution is 6.08. The summed E-state index contributed by atoms with van der Waals surface area (Å²) in [6, 6.07) is 59.1. The fraction of sp³-hybridized carbons (Fsp3) is 0.0476. The Labute approximate surface area is 386 Å². The number of fused-ring (bicyclic) bond motifs is 7. The van der Waals surface area contributed by atoms with Crippen LogP contribution in [0.1, 0.15) is 35.9 Å². The van der Waals surface area contributed by atoms with Crippen LogP contribution >= 0.6 is 0 Å². The summed E-state index contributed by atoms with van der Waals surface area (Å²) < 4.78 is 77.7. The van der Waals surface area contributed by atoms with Crippen molar-refractivity contribution in [3.8, 4) is 55.6 Å². The van der Waals surface area contributed by atoms with Crippen molar-refractivity contribution in [2.75, 3.05) is 4.90 Å². The van der Waals surface area contributed by atoms with Gasteiger partial charge in [-0.1, -0.05) is 202 Å². The number of nitrogens with zero attached hydrogens (tertiary/aromatic N) is 1. The van der Waals surface area contributed by atoms with Gasteiger partial charge in [-0.25, -0.2) is 0 Å². The summed E-state index contributed by atoms with van der Waals surface area (Å²) in [4.78, 5) is 1.38. The zero-order valence-electron chi connectivity index (χ0n) is 43.3. The molecule has 11 aromatic carbocycles. The molecule has 0 saturated carbocycles. The fourth-order valence-corrected chi connectivity index (χ4v) is 9.86. The summed E-state index contributed by atoms with van der Waals surface area (Å²) in [7, 11) is 0. The summed E-state index contributed by atoms with van der Waals surface area (Å²) in [5.41, 5.74) is 8.78. The van der Waals surface area contributed by atoms with Crippen molar-refractivity contribution >= 4 is 49.4 Å². The molecule has 64 heavy (non-hydrogen) atoms. The zero-order chi connectivity index (χ0) is 49.7. The molecule has 0 unspecified atom stereocenters. The third-order valence-electron chi connectivity index (χ3n) is 13.0. The van der Waals surface area contributed by atoms with Gasteiger partial charge in [-0.3, -0.25) is 0 Å². The molecular formula is C63H45N. The zero-order valence-corrected chi connectivity index (χ0v) is 35.3. The minimum Gasteiger partial charge on any atom is -0.311 e.